The minimum absolute atomic E-state index is 0.172. The first-order chi connectivity index (χ1) is 9.24. The molecule has 0 radical (unpaired) electrons. The lowest BCUT2D eigenvalue weighted by Gasteiger charge is -2.31. The Balaban J connectivity index is 2.25. The molecule has 110 valence electrons. The van der Waals surface area contributed by atoms with Crippen LogP contribution >= 0.6 is 11.3 Å². The quantitative estimate of drug-likeness (QED) is 0.878. The second-order valence-corrected chi connectivity index (χ2v) is 7.02. The third-order valence-electron chi connectivity index (χ3n) is 3.97. The number of anilines is 1. The number of carboxylic acids is 1. The van der Waals surface area contributed by atoms with Crippen LogP contribution in [0.5, 0.6) is 0 Å². The molecule has 0 atom stereocenters. The molecule has 1 aromatic rings. The topological polar surface area (TPSA) is 69.6 Å². The molecule has 20 heavy (non-hydrogen) atoms. The smallest absolute Gasteiger partial charge is 0.338 e. The minimum Gasteiger partial charge on any atom is -0.478 e. The molecule has 0 saturated carbocycles. The number of hydrogen-bond acceptors (Lipinski definition) is 3. The lowest BCUT2D eigenvalue weighted by Crippen LogP contribution is -2.45. The van der Waals surface area contributed by atoms with E-state index in [0.717, 1.165) is 23.3 Å². The van der Waals surface area contributed by atoms with Crippen LogP contribution in [0.2, 0.25) is 0 Å². The highest BCUT2D eigenvalue weighted by molar-refractivity contribution is 7.16. The van der Waals surface area contributed by atoms with Crippen molar-refractivity contribution in [2.24, 2.45) is 0 Å². The van der Waals surface area contributed by atoms with Gasteiger partial charge < -0.3 is 10.0 Å². The molecule has 0 spiro atoms. The number of hydrogen-bond donors (Lipinski definition) is 2. The van der Waals surface area contributed by atoms with Crippen molar-refractivity contribution in [3.05, 3.63) is 16.0 Å². The van der Waals surface area contributed by atoms with Crippen molar-refractivity contribution in [2.45, 2.75) is 46.1 Å². The highest BCUT2D eigenvalue weighted by atomic mass is 32.1. The molecule has 1 aliphatic rings. The summed E-state index contributed by atoms with van der Waals surface area (Å²) in [4.78, 5) is 26.4. The van der Waals surface area contributed by atoms with Gasteiger partial charge in [-0.05, 0) is 46.1 Å². The Morgan fingerprint density at radius 3 is 2.50 bits per heavy atom. The van der Waals surface area contributed by atoms with E-state index in [1.165, 1.54) is 11.3 Å². The van der Waals surface area contributed by atoms with Crippen LogP contribution in [0.4, 0.5) is 9.80 Å². The van der Waals surface area contributed by atoms with Crippen molar-refractivity contribution >= 4 is 28.3 Å². The van der Waals surface area contributed by atoms with E-state index in [1.54, 1.807) is 11.8 Å². The average Bonchev–Trinajstić information content (AvgIpc) is 2.80. The van der Waals surface area contributed by atoms with Crippen LogP contribution in [0.3, 0.4) is 0 Å². The Hall–Kier alpha value is -1.56. The number of carbonyl (C=O) groups excluding carboxylic acids is 1. The molecule has 5 nitrogen and oxygen atoms in total. The number of aromatic carboxylic acids is 1. The zero-order valence-corrected chi connectivity index (χ0v) is 13.1. The molecule has 1 fully saturated rings. The van der Waals surface area contributed by atoms with E-state index in [4.69, 9.17) is 0 Å². The third kappa shape index (κ3) is 2.52. The van der Waals surface area contributed by atoms with Crippen molar-refractivity contribution in [1.82, 2.24) is 4.90 Å². The summed E-state index contributed by atoms with van der Waals surface area (Å²) in [5, 5.41) is 12.5. The summed E-state index contributed by atoms with van der Waals surface area (Å²) in [5.74, 6) is -0.997. The van der Waals surface area contributed by atoms with E-state index >= 15 is 0 Å². The van der Waals surface area contributed by atoms with Gasteiger partial charge in [0.15, 0.2) is 0 Å². The number of carboxylic acid groups (broad SMARTS) is 1. The molecule has 1 aliphatic heterocycles. The van der Waals surface area contributed by atoms with Gasteiger partial charge in [-0.2, -0.15) is 0 Å². The minimum atomic E-state index is -0.997. The van der Waals surface area contributed by atoms with Crippen molar-refractivity contribution in [1.29, 1.82) is 0 Å². The number of rotatable bonds is 2. The maximum absolute atomic E-state index is 12.4. The first-order valence-corrected chi connectivity index (χ1v) is 7.47. The fourth-order valence-electron chi connectivity index (χ4n) is 2.62. The molecule has 2 rings (SSSR count). The lowest BCUT2D eigenvalue weighted by molar-refractivity contribution is 0.0697. The summed E-state index contributed by atoms with van der Waals surface area (Å²) >= 11 is 1.32. The summed E-state index contributed by atoms with van der Waals surface area (Å²) in [7, 11) is 0. The summed E-state index contributed by atoms with van der Waals surface area (Å²) in [5.41, 5.74) is 0.755. The average molecular weight is 296 g/mol. The van der Waals surface area contributed by atoms with Gasteiger partial charge in [0.2, 0.25) is 0 Å². The molecule has 1 saturated heterocycles. The highest BCUT2D eigenvalue weighted by Crippen LogP contribution is 2.34. The summed E-state index contributed by atoms with van der Waals surface area (Å²) < 4.78 is 0. The van der Waals surface area contributed by atoms with Gasteiger partial charge in [0.05, 0.1) is 5.56 Å². The third-order valence-corrected chi connectivity index (χ3v) is 5.09. The molecule has 0 unspecified atom stereocenters. The molecule has 6 heteroatoms. The summed E-state index contributed by atoms with van der Waals surface area (Å²) in [6, 6.07) is -0.212. The van der Waals surface area contributed by atoms with E-state index in [9.17, 15) is 14.7 Å². The number of aryl methyl sites for hydroxylation is 1. The molecular formula is C14H20N2O3S. The molecule has 2 N–H and O–H groups in total. The predicted octanol–water partition coefficient (Wildman–Crippen LogP) is 3.47. The van der Waals surface area contributed by atoms with Crippen LogP contribution in [0.25, 0.3) is 0 Å². The van der Waals surface area contributed by atoms with Crippen molar-refractivity contribution < 1.29 is 14.7 Å². The summed E-state index contributed by atoms with van der Waals surface area (Å²) in [6.45, 7) is 8.41. The molecule has 2 heterocycles. The van der Waals surface area contributed by atoms with Crippen molar-refractivity contribution in [3.8, 4) is 0 Å². The first kappa shape index (κ1) is 14.8. The van der Waals surface area contributed by atoms with Gasteiger partial charge in [-0.3, -0.25) is 5.32 Å². The zero-order valence-electron chi connectivity index (χ0n) is 12.2. The highest BCUT2D eigenvalue weighted by Gasteiger charge is 2.36. The number of urea groups is 1. The van der Waals surface area contributed by atoms with Gasteiger partial charge in [0.25, 0.3) is 0 Å². The van der Waals surface area contributed by atoms with E-state index < -0.39 is 5.97 Å². The van der Waals surface area contributed by atoms with Crippen LogP contribution in [-0.4, -0.2) is 34.1 Å². The number of nitrogens with one attached hydrogen (secondary N) is 1. The van der Waals surface area contributed by atoms with Crippen LogP contribution in [-0.2, 0) is 0 Å². The van der Waals surface area contributed by atoms with Crippen molar-refractivity contribution in [3.63, 3.8) is 0 Å². The molecule has 0 aromatic carbocycles. The SMILES string of the molecule is Cc1sc(NC(=O)N2CCCC2(C)C)c(C(=O)O)c1C. The number of likely N-dealkylation sites (tertiary alicyclic amines) is 1. The van der Waals surface area contributed by atoms with Crippen LogP contribution in [0, 0.1) is 13.8 Å². The van der Waals surface area contributed by atoms with Gasteiger partial charge in [0.1, 0.15) is 5.00 Å². The predicted molar refractivity (Wildman–Crippen MR) is 79.8 cm³/mol. The number of amides is 2. The van der Waals surface area contributed by atoms with Gasteiger partial charge in [0, 0.05) is 17.0 Å². The Morgan fingerprint density at radius 1 is 1.35 bits per heavy atom. The fraction of sp³-hybridized carbons (Fsp3) is 0.571. The molecule has 1 aromatic heterocycles. The maximum atomic E-state index is 12.4. The van der Waals surface area contributed by atoms with Gasteiger partial charge in [-0.15, -0.1) is 11.3 Å². The van der Waals surface area contributed by atoms with E-state index in [0.29, 0.717) is 11.5 Å². The second kappa shape index (κ2) is 5.09. The molecule has 2 amide bonds. The zero-order chi connectivity index (χ0) is 15.1. The van der Waals surface area contributed by atoms with E-state index in [-0.39, 0.29) is 17.1 Å². The fourth-order valence-corrected chi connectivity index (χ4v) is 3.66. The van der Waals surface area contributed by atoms with Gasteiger partial charge >= 0.3 is 12.0 Å². The van der Waals surface area contributed by atoms with E-state index in [1.807, 2.05) is 20.8 Å². The maximum Gasteiger partial charge on any atom is 0.338 e. The Bertz CT molecular complexity index is 563. The largest absolute Gasteiger partial charge is 0.478 e. The number of carbonyl (C=O) groups is 2. The Labute approximate surface area is 122 Å². The van der Waals surface area contributed by atoms with Crippen molar-refractivity contribution in [2.75, 3.05) is 11.9 Å². The monoisotopic (exact) mass is 296 g/mol. The normalized spacial score (nSPS) is 17.3. The Kier molecular flexibility index (Phi) is 3.77. The molecular weight excluding hydrogens is 276 g/mol. The van der Waals surface area contributed by atoms with Crippen LogP contribution < -0.4 is 5.32 Å². The standard InChI is InChI=1S/C14H20N2O3S/c1-8-9(2)20-11(10(8)12(17)18)15-13(19)16-7-5-6-14(16,3)4/h5-7H2,1-4H3,(H,15,19)(H,17,18). The molecule has 0 aliphatic carbocycles. The number of thiophene rings is 1. The van der Waals surface area contributed by atoms with E-state index in [2.05, 4.69) is 5.32 Å². The molecule has 0 bridgehead atoms. The van der Waals surface area contributed by atoms with Gasteiger partial charge in [-0.25, -0.2) is 9.59 Å². The second-order valence-electron chi connectivity index (χ2n) is 5.79. The Morgan fingerprint density at radius 2 is 2.00 bits per heavy atom. The number of nitrogens with zero attached hydrogens (tertiary/aromatic N) is 1. The van der Waals surface area contributed by atoms with Gasteiger partial charge in [-0.1, -0.05) is 0 Å². The first-order valence-electron chi connectivity index (χ1n) is 6.66. The van der Waals surface area contributed by atoms with Crippen LogP contribution in [0.1, 0.15) is 47.5 Å². The lowest BCUT2D eigenvalue weighted by atomic mass is 10.0. The van der Waals surface area contributed by atoms with Crippen LogP contribution in [0.15, 0.2) is 0 Å². The summed E-state index contributed by atoms with van der Waals surface area (Å²) in [6.07, 6.45) is 1.95.